The lowest BCUT2D eigenvalue weighted by Crippen LogP contribution is -2.44. The van der Waals surface area contributed by atoms with E-state index in [0.717, 1.165) is 25.7 Å². The normalized spacial score (nSPS) is 26.6. The smallest absolute Gasteiger partial charge is 0.151 e. The molecule has 1 atom stereocenters. The van der Waals surface area contributed by atoms with Crippen LogP contribution in [0.2, 0.25) is 0 Å². The van der Waals surface area contributed by atoms with Gasteiger partial charge in [0, 0.05) is 12.1 Å². The van der Waals surface area contributed by atoms with Crippen LogP contribution in [0.15, 0.2) is 0 Å². The Hall–Kier alpha value is -0.0900. The fourth-order valence-electron chi connectivity index (χ4n) is 2.01. The second-order valence-corrected chi connectivity index (χ2v) is 6.36. The highest BCUT2D eigenvalue weighted by atomic mass is 32.2. The van der Waals surface area contributed by atoms with Gasteiger partial charge in [0.25, 0.3) is 0 Å². The first-order chi connectivity index (χ1) is 6.57. The maximum absolute atomic E-state index is 11.4. The van der Waals surface area contributed by atoms with Gasteiger partial charge >= 0.3 is 0 Å². The van der Waals surface area contributed by atoms with E-state index in [2.05, 4.69) is 19.2 Å². The number of nitrogens with one attached hydrogen (secondary N) is 1. The van der Waals surface area contributed by atoms with Crippen LogP contribution in [0.1, 0.15) is 39.5 Å². The molecule has 1 heterocycles. The Balaban J connectivity index is 2.45. The van der Waals surface area contributed by atoms with Crippen LogP contribution in [0.25, 0.3) is 0 Å². The van der Waals surface area contributed by atoms with E-state index in [4.69, 9.17) is 0 Å². The van der Waals surface area contributed by atoms with Gasteiger partial charge in [-0.2, -0.15) is 0 Å². The summed E-state index contributed by atoms with van der Waals surface area (Å²) in [6.45, 7) is 4.27. The molecule has 0 spiro atoms. The average molecular weight is 219 g/mol. The van der Waals surface area contributed by atoms with Crippen molar-refractivity contribution < 1.29 is 8.42 Å². The lowest BCUT2D eigenvalue weighted by Gasteiger charge is -2.27. The molecular formula is C10H21NO2S. The van der Waals surface area contributed by atoms with Crippen molar-refractivity contribution in [2.45, 2.75) is 51.6 Å². The van der Waals surface area contributed by atoms with Gasteiger partial charge in [0.2, 0.25) is 0 Å². The first-order valence-corrected chi connectivity index (χ1v) is 7.36. The summed E-state index contributed by atoms with van der Waals surface area (Å²) in [6, 6.07) is 0.673. The third kappa shape index (κ3) is 3.58. The van der Waals surface area contributed by atoms with E-state index < -0.39 is 9.84 Å². The van der Waals surface area contributed by atoms with Crippen molar-refractivity contribution in [2.75, 3.05) is 11.5 Å². The van der Waals surface area contributed by atoms with E-state index in [1.54, 1.807) is 0 Å². The molecule has 0 aliphatic carbocycles. The van der Waals surface area contributed by atoms with Gasteiger partial charge in [-0.25, -0.2) is 8.42 Å². The van der Waals surface area contributed by atoms with E-state index >= 15 is 0 Å². The molecule has 1 N–H and O–H groups in total. The Labute approximate surface area is 87.2 Å². The van der Waals surface area contributed by atoms with Gasteiger partial charge in [-0.3, -0.25) is 0 Å². The predicted octanol–water partition coefficient (Wildman–Crippen LogP) is 1.34. The van der Waals surface area contributed by atoms with Crippen LogP contribution >= 0.6 is 0 Å². The number of sulfone groups is 1. The molecule has 1 unspecified atom stereocenters. The topological polar surface area (TPSA) is 46.2 Å². The molecule has 0 radical (unpaired) electrons. The van der Waals surface area contributed by atoms with Crippen molar-refractivity contribution in [1.29, 1.82) is 0 Å². The van der Waals surface area contributed by atoms with Crippen molar-refractivity contribution >= 4 is 9.84 Å². The van der Waals surface area contributed by atoms with Crippen LogP contribution < -0.4 is 5.32 Å². The molecule has 0 amide bonds. The lowest BCUT2D eigenvalue weighted by molar-refractivity contribution is 0.398. The molecule has 0 bridgehead atoms. The minimum Gasteiger partial charge on any atom is -0.310 e. The molecule has 1 rings (SSSR count). The molecule has 0 aromatic heterocycles. The highest BCUT2D eigenvalue weighted by Crippen LogP contribution is 2.13. The first-order valence-electron chi connectivity index (χ1n) is 5.54. The predicted molar refractivity (Wildman–Crippen MR) is 59.2 cm³/mol. The van der Waals surface area contributed by atoms with Crippen LogP contribution in [0.4, 0.5) is 0 Å². The fourth-order valence-corrected chi connectivity index (χ4v) is 3.66. The number of hydrogen-bond acceptors (Lipinski definition) is 3. The zero-order valence-corrected chi connectivity index (χ0v) is 9.94. The van der Waals surface area contributed by atoms with Gasteiger partial charge in [0.05, 0.1) is 11.5 Å². The Morgan fingerprint density at radius 2 is 2.00 bits per heavy atom. The summed E-state index contributed by atoms with van der Waals surface area (Å²) >= 11 is 0. The van der Waals surface area contributed by atoms with Crippen molar-refractivity contribution in [3.05, 3.63) is 0 Å². The summed E-state index contributed by atoms with van der Waals surface area (Å²) in [4.78, 5) is 0. The molecule has 4 heteroatoms. The van der Waals surface area contributed by atoms with Crippen LogP contribution in [-0.4, -0.2) is 32.0 Å². The van der Waals surface area contributed by atoms with E-state index in [9.17, 15) is 8.42 Å². The summed E-state index contributed by atoms with van der Waals surface area (Å²) in [6.07, 6.45) is 3.98. The van der Waals surface area contributed by atoms with Crippen molar-refractivity contribution in [1.82, 2.24) is 5.32 Å². The summed E-state index contributed by atoms with van der Waals surface area (Å²) in [5.74, 6) is 0.720. The number of hydrogen-bond donors (Lipinski definition) is 1. The highest BCUT2D eigenvalue weighted by Gasteiger charge is 2.25. The average Bonchev–Trinajstić information content (AvgIpc) is 2.12. The largest absolute Gasteiger partial charge is 0.310 e. The zero-order valence-electron chi connectivity index (χ0n) is 9.12. The maximum Gasteiger partial charge on any atom is 0.151 e. The molecular weight excluding hydrogens is 198 g/mol. The molecule has 1 aliphatic heterocycles. The van der Waals surface area contributed by atoms with Gasteiger partial charge in [0.15, 0.2) is 9.84 Å². The zero-order chi connectivity index (χ0) is 10.6. The quantitative estimate of drug-likeness (QED) is 0.776. The third-order valence-corrected chi connectivity index (χ3v) is 4.74. The van der Waals surface area contributed by atoms with Gasteiger partial charge in [-0.1, -0.05) is 13.8 Å². The molecule has 84 valence electrons. The molecule has 0 saturated carbocycles. The molecule has 14 heavy (non-hydrogen) atoms. The maximum atomic E-state index is 11.4. The van der Waals surface area contributed by atoms with Crippen LogP contribution in [0, 0.1) is 0 Å². The third-order valence-electron chi connectivity index (χ3n) is 2.92. The van der Waals surface area contributed by atoms with Gasteiger partial charge < -0.3 is 5.32 Å². The van der Waals surface area contributed by atoms with Crippen molar-refractivity contribution in [3.63, 3.8) is 0 Å². The Bertz CT molecular complexity index is 257. The van der Waals surface area contributed by atoms with Crippen LogP contribution in [0.3, 0.4) is 0 Å². The second kappa shape index (κ2) is 5.12. The molecule has 3 nitrogen and oxygen atoms in total. The van der Waals surface area contributed by atoms with Crippen molar-refractivity contribution in [2.24, 2.45) is 0 Å². The van der Waals surface area contributed by atoms with Crippen LogP contribution in [-0.2, 0) is 9.84 Å². The van der Waals surface area contributed by atoms with E-state index in [1.807, 2.05) is 0 Å². The highest BCUT2D eigenvalue weighted by molar-refractivity contribution is 7.91. The standard InChI is InChI=1S/C10H21NO2S/c1-3-9(4-2)11-10-6-5-7-14(12,13)8-10/h9-11H,3-8H2,1-2H3. The Morgan fingerprint density at radius 1 is 1.36 bits per heavy atom. The van der Waals surface area contributed by atoms with Gasteiger partial charge in [-0.05, 0) is 25.7 Å². The summed E-state index contributed by atoms with van der Waals surface area (Å²) in [5.41, 5.74) is 0. The SMILES string of the molecule is CCC(CC)NC1CCCS(=O)(=O)C1. The molecule has 1 fully saturated rings. The monoisotopic (exact) mass is 219 g/mol. The lowest BCUT2D eigenvalue weighted by atomic mass is 10.1. The second-order valence-electron chi connectivity index (χ2n) is 4.13. The molecule has 0 aromatic rings. The van der Waals surface area contributed by atoms with Crippen LogP contribution in [0.5, 0.6) is 0 Å². The van der Waals surface area contributed by atoms with E-state index in [1.165, 1.54) is 0 Å². The van der Waals surface area contributed by atoms with Gasteiger partial charge in [0.1, 0.15) is 0 Å². The van der Waals surface area contributed by atoms with E-state index in [-0.39, 0.29) is 6.04 Å². The van der Waals surface area contributed by atoms with Crippen molar-refractivity contribution in [3.8, 4) is 0 Å². The van der Waals surface area contributed by atoms with Gasteiger partial charge in [-0.15, -0.1) is 0 Å². The minimum atomic E-state index is -2.76. The Morgan fingerprint density at radius 3 is 2.50 bits per heavy atom. The summed E-state index contributed by atoms with van der Waals surface area (Å²) in [5, 5.41) is 3.43. The first kappa shape index (κ1) is 12.0. The number of rotatable bonds is 4. The summed E-state index contributed by atoms with van der Waals surface area (Å²) in [7, 11) is -2.76. The molecule has 1 saturated heterocycles. The molecule has 0 aromatic carbocycles. The Kier molecular flexibility index (Phi) is 4.38. The fraction of sp³-hybridized carbons (Fsp3) is 1.00. The minimum absolute atomic E-state index is 0.193. The molecule has 1 aliphatic rings. The van der Waals surface area contributed by atoms with E-state index in [0.29, 0.717) is 17.5 Å². The summed E-state index contributed by atoms with van der Waals surface area (Å²) < 4.78 is 22.8.